The number of ether oxygens (including phenoxy) is 1. The summed E-state index contributed by atoms with van der Waals surface area (Å²) in [6.45, 7) is 6.06. The van der Waals surface area contributed by atoms with Crippen molar-refractivity contribution in [2.75, 3.05) is 18.5 Å². The molecule has 2 aromatic rings. The first-order valence-electron chi connectivity index (χ1n) is 8.70. The maximum atomic E-state index is 12.2. The number of nitrogens with one attached hydrogen (secondary N) is 3. The van der Waals surface area contributed by atoms with Gasteiger partial charge in [0.1, 0.15) is 5.82 Å². The lowest BCUT2D eigenvalue weighted by Crippen LogP contribution is -2.39. The largest absolute Gasteiger partial charge is 0.376 e. The van der Waals surface area contributed by atoms with Crippen molar-refractivity contribution in [2.24, 2.45) is 0 Å². The van der Waals surface area contributed by atoms with Crippen molar-refractivity contribution < 1.29 is 14.3 Å². The van der Waals surface area contributed by atoms with E-state index in [4.69, 9.17) is 4.74 Å². The Hall–Kier alpha value is -3.01. The molecular formula is C17H22N6O4. The Bertz CT molecular complexity index is 926. The molecule has 1 aliphatic rings. The molecule has 0 aromatic carbocycles. The number of carbonyl (C=O) groups excluding carboxylic acids is 2. The van der Waals surface area contributed by atoms with Gasteiger partial charge in [-0.3, -0.25) is 19.4 Å². The fourth-order valence-corrected chi connectivity index (χ4v) is 2.75. The number of aromatic amines is 1. The van der Waals surface area contributed by atoms with Crippen LogP contribution in [0.1, 0.15) is 29.8 Å². The Morgan fingerprint density at radius 3 is 2.78 bits per heavy atom. The van der Waals surface area contributed by atoms with E-state index in [9.17, 15) is 14.4 Å². The summed E-state index contributed by atoms with van der Waals surface area (Å²) in [7, 11) is 0. The van der Waals surface area contributed by atoms with E-state index in [0.717, 1.165) is 12.8 Å². The summed E-state index contributed by atoms with van der Waals surface area (Å²) < 4.78 is 6.70. The molecule has 1 fully saturated rings. The average molecular weight is 374 g/mol. The molecule has 0 unspecified atom stereocenters. The molecule has 0 saturated carbocycles. The van der Waals surface area contributed by atoms with E-state index in [0.29, 0.717) is 23.6 Å². The van der Waals surface area contributed by atoms with Gasteiger partial charge in [0.15, 0.2) is 0 Å². The fraction of sp³-hybridized carbons (Fsp3) is 0.471. The van der Waals surface area contributed by atoms with Crippen LogP contribution in [0.4, 0.5) is 5.82 Å². The molecule has 3 rings (SSSR count). The number of hydrogen-bond acceptors (Lipinski definition) is 6. The first kappa shape index (κ1) is 18.8. The van der Waals surface area contributed by atoms with Crippen LogP contribution in [-0.4, -0.2) is 50.8 Å². The Labute approximate surface area is 155 Å². The summed E-state index contributed by atoms with van der Waals surface area (Å²) in [6.07, 6.45) is 1.76. The van der Waals surface area contributed by atoms with Crippen molar-refractivity contribution >= 4 is 17.6 Å². The van der Waals surface area contributed by atoms with Gasteiger partial charge in [-0.1, -0.05) is 0 Å². The molecule has 2 aromatic heterocycles. The van der Waals surface area contributed by atoms with E-state index in [-0.39, 0.29) is 30.0 Å². The minimum atomic E-state index is -0.833. The number of rotatable bonds is 4. The van der Waals surface area contributed by atoms with Crippen molar-refractivity contribution in [3.63, 3.8) is 0 Å². The maximum Gasteiger partial charge on any atom is 0.314 e. The summed E-state index contributed by atoms with van der Waals surface area (Å²) in [6, 6.07) is 1.58. The normalized spacial score (nSPS) is 16.3. The van der Waals surface area contributed by atoms with Crippen molar-refractivity contribution in [3.8, 4) is 5.95 Å². The number of carbonyl (C=O) groups is 2. The third-order valence-corrected chi connectivity index (χ3v) is 4.38. The smallest absolute Gasteiger partial charge is 0.314 e. The van der Waals surface area contributed by atoms with Crippen LogP contribution in [0.25, 0.3) is 5.95 Å². The lowest BCUT2D eigenvalue weighted by molar-refractivity contribution is -0.136. The minimum Gasteiger partial charge on any atom is -0.376 e. The molecule has 144 valence electrons. The number of aromatic nitrogens is 4. The van der Waals surface area contributed by atoms with Crippen molar-refractivity contribution in [2.45, 2.75) is 39.7 Å². The van der Waals surface area contributed by atoms with Crippen LogP contribution < -0.4 is 16.2 Å². The number of hydrogen-bond donors (Lipinski definition) is 3. The second-order valence-electron chi connectivity index (χ2n) is 6.48. The molecule has 0 radical (unpaired) electrons. The number of aryl methyl sites for hydroxylation is 2. The van der Waals surface area contributed by atoms with E-state index >= 15 is 0 Å². The van der Waals surface area contributed by atoms with Crippen LogP contribution in [0.2, 0.25) is 0 Å². The molecule has 2 amide bonds. The van der Waals surface area contributed by atoms with E-state index in [1.807, 2.05) is 0 Å². The van der Waals surface area contributed by atoms with Crippen LogP contribution >= 0.6 is 0 Å². The highest BCUT2D eigenvalue weighted by atomic mass is 16.5. The average Bonchev–Trinajstić information content (AvgIpc) is 3.26. The highest BCUT2D eigenvalue weighted by Gasteiger charge is 2.21. The first-order valence-corrected chi connectivity index (χ1v) is 8.70. The quantitative estimate of drug-likeness (QED) is 0.651. The number of H-pyrrole nitrogens is 1. The number of amides is 2. The van der Waals surface area contributed by atoms with E-state index < -0.39 is 11.8 Å². The summed E-state index contributed by atoms with van der Waals surface area (Å²) in [5.74, 6) is -1.21. The van der Waals surface area contributed by atoms with Gasteiger partial charge in [-0.2, -0.15) is 9.78 Å². The molecule has 0 bridgehead atoms. The van der Waals surface area contributed by atoms with Gasteiger partial charge in [-0.05, 0) is 33.6 Å². The molecule has 27 heavy (non-hydrogen) atoms. The second-order valence-corrected chi connectivity index (χ2v) is 6.48. The van der Waals surface area contributed by atoms with Crippen LogP contribution in [0.5, 0.6) is 0 Å². The van der Waals surface area contributed by atoms with Crippen molar-refractivity contribution in [1.29, 1.82) is 0 Å². The molecular weight excluding hydrogens is 352 g/mol. The monoisotopic (exact) mass is 374 g/mol. The number of nitrogens with zero attached hydrogens (tertiary/aromatic N) is 3. The molecule has 3 heterocycles. The van der Waals surface area contributed by atoms with Crippen LogP contribution in [0.15, 0.2) is 10.9 Å². The van der Waals surface area contributed by atoms with E-state index in [1.165, 1.54) is 4.68 Å². The van der Waals surface area contributed by atoms with E-state index in [1.54, 1.807) is 26.8 Å². The number of anilines is 1. The zero-order chi connectivity index (χ0) is 19.6. The molecule has 3 N–H and O–H groups in total. The summed E-state index contributed by atoms with van der Waals surface area (Å²) in [5, 5.41) is 9.29. The molecule has 0 spiro atoms. The van der Waals surface area contributed by atoms with Gasteiger partial charge in [-0.25, -0.2) is 4.98 Å². The van der Waals surface area contributed by atoms with Gasteiger partial charge < -0.3 is 15.4 Å². The van der Waals surface area contributed by atoms with Gasteiger partial charge in [0.25, 0.3) is 5.56 Å². The molecule has 10 heteroatoms. The highest BCUT2D eigenvalue weighted by Crippen LogP contribution is 2.14. The first-order chi connectivity index (χ1) is 12.8. The Morgan fingerprint density at radius 1 is 1.33 bits per heavy atom. The Balaban J connectivity index is 1.74. The van der Waals surface area contributed by atoms with Crippen molar-refractivity contribution in [1.82, 2.24) is 25.1 Å². The van der Waals surface area contributed by atoms with Crippen LogP contribution in [-0.2, 0) is 14.3 Å². The molecule has 1 atom stereocenters. The molecule has 1 saturated heterocycles. The Kier molecular flexibility index (Phi) is 5.36. The van der Waals surface area contributed by atoms with Gasteiger partial charge in [-0.15, -0.1) is 0 Å². The predicted octanol–water partition coefficient (Wildman–Crippen LogP) is 0.115. The van der Waals surface area contributed by atoms with Crippen molar-refractivity contribution in [3.05, 3.63) is 33.4 Å². The molecule has 10 nitrogen and oxygen atoms in total. The second kappa shape index (κ2) is 7.70. The molecule has 0 aliphatic carbocycles. The topological polar surface area (TPSA) is 131 Å². The third-order valence-electron chi connectivity index (χ3n) is 4.38. The summed E-state index contributed by atoms with van der Waals surface area (Å²) in [4.78, 5) is 43.1. The standard InChI is InChI=1S/C17H22N6O4/c1-9-7-13(20-16(26)15(25)18-8-12-5-4-6-27-12)23(22-9)17-19-11(3)10(2)14(24)21-17/h7,12H,4-6,8H2,1-3H3,(H,18,25)(H,20,26)(H,19,21,24)/t12-/m0/s1. The SMILES string of the molecule is Cc1cc(NC(=O)C(=O)NC[C@@H]2CCCO2)n(-c2nc(C)c(C)c(=O)[nH]2)n1. The third kappa shape index (κ3) is 4.22. The fourth-order valence-electron chi connectivity index (χ4n) is 2.75. The lowest BCUT2D eigenvalue weighted by Gasteiger charge is -2.11. The van der Waals surface area contributed by atoms with E-state index in [2.05, 4.69) is 25.7 Å². The zero-order valence-corrected chi connectivity index (χ0v) is 15.5. The minimum absolute atomic E-state index is 0.0562. The van der Waals surface area contributed by atoms with Gasteiger partial charge in [0, 0.05) is 30.5 Å². The van der Waals surface area contributed by atoms with Crippen LogP contribution in [0, 0.1) is 20.8 Å². The summed E-state index contributed by atoms with van der Waals surface area (Å²) in [5.41, 5.74) is 1.35. The van der Waals surface area contributed by atoms with Gasteiger partial charge in [0.2, 0.25) is 5.95 Å². The van der Waals surface area contributed by atoms with Gasteiger partial charge >= 0.3 is 11.8 Å². The maximum absolute atomic E-state index is 12.2. The van der Waals surface area contributed by atoms with Gasteiger partial charge in [0.05, 0.1) is 11.8 Å². The lowest BCUT2D eigenvalue weighted by atomic mass is 10.2. The summed E-state index contributed by atoms with van der Waals surface area (Å²) >= 11 is 0. The predicted molar refractivity (Wildman–Crippen MR) is 96.8 cm³/mol. The molecule has 1 aliphatic heterocycles. The zero-order valence-electron chi connectivity index (χ0n) is 15.5. The highest BCUT2D eigenvalue weighted by molar-refractivity contribution is 6.39. The van der Waals surface area contributed by atoms with Crippen LogP contribution in [0.3, 0.4) is 0 Å². The Morgan fingerprint density at radius 2 is 2.11 bits per heavy atom.